The van der Waals surface area contributed by atoms with Gasteiger partial charge in [-0.3, -0.25) is 34.0 Å². The first-order valence-corrected chi connectivity index (χ1v) is 20.5. The van der Waals surface area contributed by atoms with Gasteiger partial charge in [0.2, 0.25) is 23.7 Å². The first kappa shape index (κ1) is 40.1. The zero-order valence-corrected chi connectivity index (χ0v) is 32.8. The highest BCUT2D eigenvalue weighted by atomic mass is 19.1. The lowest BCUT2D eigenvalue weighted by Crippen LogP contribution is -2.56. The van der Waals surface area contributed by atoms with E-state index in [1.165, 1.54) is 16.7 Å². The molecule has 1 aliphatic carbocycles. The molecule has 4 aliphatic rings. The van der Waals surface area contributed by atoms with Crippen molar-refractivity contribution in [2.45, 2.75) is 69.1 Å². The van der Waals surface area contributed by atoms with Gasteiger partial charge < -0.3 is 25.5 Å². The van der Waals surface area contributed by atoms with Crippen molar-refractivity contribution in [2.75, 3.05) is 61.3 Å². The number of carbonyl (C=O) groups excluding carboxylic acids is 3. The molecule has 2 aromatic carbocycles. The number of nitrogens with zero attached hydrogens (tertiary/aromatic N) is 6. The second kappa shape index (κ2) is 17.2. The highest BCUT2D eigenvalue weighted by Crippen LogP contribution is 2.32. The highest BCUT2D eigenvalue weighted by molar-refractivity contribution is 6.01. The normalized spacial score (nSPS) is 22.5. The number of rotatable bonds is 10. The zero-order chi connectivity index (χ0) is 41.1. The van der Waals surface area contributed by atoms with Crippen molar-refractivity contribution in [3.63, 3.8) is 0 Å². The Hall–Kier alpha value is -5.74. The molecule has 59 heavy (non-hydrogen) atoms. The van der Waals surface area contributed by atoms with Crippen molar-refractivity contribution in [1.29, 1.82) is 0 Å². The van der Waals surface area contributed by atoms with E-state index >= 15 is 4.39 Å². The van der Waals surface area contributed by atoms with Gasteiger partial charge in [0.1, 0.15) is 17.6 Å². The second-order valence-electron chi connectivity index (χ2n) is 16.2. The molecule has 0 unspecified atom stereocenters. The second-order valence-corrected chi connectivity index (χ2v) is 16.2. The minimum absolute atomic E-state index is 0.0244. The molecule has 0 spiro atoms. The fourth-order valence-electron chi connectivity index (χ4n) is 8.76. The SMILES string of the molecule is O=C1CC[C@@H](Nc2ccc(N3CCN(CC4(O)CCN(C(=O)[C@H]5CC[C@H](Nc6ncc(F)c(-c7cccc(-n8ccccc8=O)c7)n6)CC5)CC4)CC3)c(F)c2)C(=O)N1. The number of pyridine rings is 1. The van der Waals surface area contributed by atoms with E-state index in [0.717, 1.165) is 19.0 Å². The van der Waals surface area contributed by atoms with Crippen molar-refractivity contribution in [3.05, 3.63) is 95.0 Å². The molecule has 14 nitrogen and oxygen atoms in total. The Kier molecular flexibility index (Phi) is 11.7. The Morgan fingerprint density at radius 2 is 1.64 bits per heavy atom. The van der Waals surface area contributed by atoms with Crippen LogP contribution >= 0.6 is 0 Å². The predicted octanol–water partition coefficient (Wildman–Crippen LogP) is 3.94. The first-order valence-electron chi connectivity index (χ1n) is 20.5. The number of likely N-dealkylation sites (tertiary alicyclic amines) is 1. The Morgan fingerprint density at radius 3 is 2.37 bits per heavy atom. The lowest BCUT2D eigenvalue weighted by molar-refractivity contribution is -0.141. The Morgan fingerprint density at radius 1 is 0.864 bits per heavy atom. The molecule has 3 aliphatic heterocycles. The molecule has 4 aromatic rings. The smallest absolute Gasteiger partial charge is 0.255 e. The van der Waals surface area contributed by atoms with Crippen molar-refractivity contribution < 1.29 is 28.3 Å². The lowest BCUT2D eigenvalue weighted by Gasteiger charge is -2.44. The Labute approximate surface area is 340 Å². The molecule has 2 aromatic heterocycles. The minimum atomic E-state index is -0.913. The van der Waals surface area contributed by atoms with Gasteiger partial charge in [0.05, 0.1) is 17.5 Å². The molecular weight excluding hydrogens is 761 g/mol. The van der Waals surface area contributed by atoms with Crippen molar-refractivity contribution >= 4 is 35.0 Å². The van der Waals surface area contributed by atoms with Crippen molar-refractivity contribution in [2.24, 2.45) is 5.92 Å². The molecule has 4 N–H and O–H groups in total. The van der Waals surface area contributed by atoms with Gasteiger partial charge in [-0.05, 0) is 81.3 Å². The molecule has 8 rings (SSSR count). The fraction of sp³-hybridized carbons (Fsp3) is 0.442. The minimum Gasteiger partial charge on any atom is -0.388 e. The summed E-state index contributed by atoms with van der Waals surface area (Å²) in [6.07, 6.45) is 7.23. The van der Waals surface area contributed by atoms with Crippen LogP contribution in [0.4, 0.5) is 26.1 Å². The van der Waals surface area contributed by atoms with Crippen LogP contribution in [-0.4, -0.2) is 111 Å². The molecule has 3 amide bonds. The van der Waals surface area contributed by atoms with Crippen LogP contribution in [0.5, 0.6) is 0 Å². The van der Waals surface area contributed by atoms with E-state index in [1.54, 1.807) is 54.7 Å². The van der Waals surface area contributed by atoms with Gasteiger partial charge in [0.15, 0.2) is 5.82 Å². The summed E-state index contributed by atoms with van der Waals surface area (Å²) in [4.78, 5) is 64.3. The van der Waals surface area contributed by atoms with E-state index < -0.39 is 29.2 Å². The number of piperazine rings is 1. The van der Waals surface area contributed by atoms with Gasteiger partial charge >= 0.3 is 0 Å². The number of carbonyl (C=O) groups is 3. The summed E-state index contributed by atoms with van der Waals surface area (Å²) < 4.78 is 31.7. The summed E-state index contributed by atoms with van der Waals surface area (Å²) in [7, 11) is 0. The van der Waals surface area contributed by atoms with Crippen LogP contribution in [0.1, 0.15) is 51.4 Å². The van der Waals surface area contributed by atoms with Gasteiger partial charge in [-0.25, -0.2) is 18.7 Å². The number of amides is 3. The van der Waals surface area contributed by atoms with E-state index in [-0.39, 0.29) is 41.4 Å². The third kappa shape index (κ3) is 9.28. The number of piperidine rings is 2. The Balaban J connectivity index is 0.776. The van der Waals surface area contributed by atoms with Crippen LogP contribution in [0.25, 0.3) is 16.9 Å². The topological polar surface area (TPSA) is 165 Å². The molecule has 0 radical (unpaired) electrons. The molecule has 3 saturated heterocycles. The van der Waals surface area contributed by atoms with Crippen LogP contribution in [-0.2, 0) is 14.4 Å². The maximum absolute atomic E-state index is 15.2. The third-order valence-corrected chi connectivity index (χ3v) is 12.1. The lowest BCUT2D eigenvalue weighted by atomic mass is 9.84. The van der Waals surface area contributed by atoms with E-state index in [9.17, 15) is 28.7 Å². The molecule has 4 fully saturated rings. The summed E-state index contributed by atoms with van der Waals surface area (Å²) in [5.41, 5.74) is 1.10. The number of anilines is 3. The molecule has 310 valence electrons. The zero-order valence-electron chi connectivity index (χ0n) is 32.8. The average molecular weight is 810 g/mol. The van der Waals surface area contributed by atoms with Gasteiger partial charge in [-0.2, -0.15) is 0 Å². The predicted molar refractivity (Wildman–Crippen MR) is 218 cm³/mol. The summed E-state index contributed by atoms with van der Waals surface area (Å²) in [5, 5.41) is 20.2. The number of aromatic nitrogens is 3. The third-order valence-electron chi connectivity index (χ3n) is 12.1. The molecule has 1 saturated carbocycles. The number of imide groups is 1. The van der Waals surface area contributed by atoms with E-state index in [1.807, 2.05) is 9.80 Å². The van der Waals surface area contributed by atoms with Gasteiger partial charge in [0.25, 0.3) is 5.56 Å². The number of halogens is 2. The number of benzene rings is 2. The maximum atomic E-state index is 15.2. The maximum Gasteiger partial charge on any atom is 0.255 e. The number of hydrogen-bond acceptors (Lipinski definition) is 11. The van der Waals surface area contributed by atoms with Crippen molar-refractivity contribution in [1.82, 2.24) is 29.7 Å². The molecular formula is C43H49F2N9O5. The van der Waals surface area contributed by atoms with Crippen LogP contribution in [0.15, 0.2) is 77.9 Å². The van der Waals surface area contributed by atoms with Crippen LogP contribution in [0.3, 0.4) is 0 Å². The van der Waals surface area contributed by atoms with Crippen LogP contribution in [0, 0.1) is 17.6 Å². The molecule has 0 bridgehead atoms. The van der Waals surface area contributed by atoms with Crippen molar-refractivity contribution in [3.8, 4) is 16.9 Å². The van der Waals surface area contributed by atoms with Crippen LogP contribution in [0.2, 0.25) is 0 Å². The van der Waals surface area contributed by atoms with Gasteiger partial charge in [-0.15, -0.1) is 0 Å². The van der Waals surface area contributed by atoms with Gasteiger partial charge in [0, 0.05) is 93.4 Å². The molecule has 16 heteroatoms. The summed E-state index contributed by atoms with van der Waals surface area (Å²) in [6.45, 7) is 3.97. The monoisotopic (exact) mass is 809 g/mol. The quantitative estimate of drug-likeness (QED) is 0.172. The standard InChI is InChI=1S/C43H49F2N9O5/c44-33-25-31(47-35-12-14-37(55)49-40(35)57)11-13-36(33)52-22-20-51(21-23-52)27-43(59)15-18-53(19-16-43)41(58)28-7-9-30(10-8-28)48-42-46-26-34(45)39(50-42)29-4-3-5-32(24-29)54-17-2-1-6-38(54)56/h1-6,11,13,17,24-26,28,30,35,47,59H,7-10,12,14-16,18-23,27H2,(H,46,48,50)(H,49,55,57)/t28-,30-,35-/m1/s1. The summed E-state index contributed by atoms with van der Waals surface area (Å²) in [6, 6.07) is 16.1. The number of hydrogen-bond donors (Lipinski definition) is 4. The largest absolute Gasteiger partial charge is 0.388 e. The first-order chi connectivity index (χ1) is 28.5. The highest BCUT2D eigenvalue weighted by Gasteiger charge is 2.38. The molecule has 5 heterocycles. The summed E-state index contributed by atoms with van der Waals surface area (Å²) >= 11 is 0. The van der Waals surface area contributed by atoms with E-state index in [4.69, 9.17) is 0 Å². The Bertz CT molecular complexity index is 2250. The van der Waals surface area contributed by atoms with Crippen LogP contribution < -0.4 is 26.4 Å². The van der Waals surface area contributed by atoms with Gasteiger partial charge in [-0.1, -0.05) is 18.2 Å². The number of nitrogens with one attached hydrogen (secondary N) is 3. The molecule has 1 atom stereocenters. The average Bonchev–Trinajstić information content (AvgIpc) is 3.23. The summed E-state index contributed by atoms with van der Waals surface area (Å²) in [5.74, 6) is -1.36. The fourth-order valence-corrected chi connectivity index (χ4v) is 8.76. The van der Waals surface area contributed by atoms with E-state index in [0.29, 0.717) is 106 Å². The number of aliphatic hydroxyl groups is 1. The number of β-amino-alcohol motifs (C(OH)–C–C–N with tert-alkyl or cyclic N) is 1. The van der Waals surface area contributed by atoms with E-state index in [2.05, 4.69) is 30.8 Å².